The summed E-state index contributed by atoms with van der Waals surface area (Å²) in [6, 6.07) is 3.24. The molecule has 0 fully saturated rings. The van der Waals surface area contributed by atoms with Crippen molar-refractivity contribution in [3.05, 3.63) is 36.2 Å². The lowest BCUT2D eigenvalue weighted by Crippen LogP contribution is -2.30. The van der Waals surface area contributed by atoms with Crippen molar-refractivity contribution in [1.82, 2.24) is 0 Å². The molecule has 0 aliphatic heterocycles. The number of nitriles is 1. The summed E-state index contributed by atoms with van der Waals surface area (Å²) >= 11 is 0. The van der Waals surface area contributed by atoms with Gasteiger partial charge in [-0.3, -0.25) is 0 Å². The Bertz CT molecular complexity index is 487. The average Bonchev–Trinajstić information content (AvgIpc) is 2.33. The Labute approximate surface area is 113 Å². The molecular weight excluding hydrogens is 245 g/mol. The van der Waals surface area contributed by atoms with Gasteiger partial charge in [-0.2, -0.15) is 5.26 Å². The fourth-order valence-corrected chi connectivity index (χ4v) is 1.42. The number of benzene rings is 1. The van der Waals surface area contributed by atoms with E-state index in [-0.39, 0.29) is 17.8 Å². The summed E-state index contributed by atoms with van der Waals surface area (Å²) in [5.74, 6) is -0.583. The van der Waals surface area contributed by atoms with Crippen LogP contribution in [0.2, 0.25) is 0 Å². The van der Waals surface area contributed by atoms with Gasteiger partial charge in [-0.25, -0.2) is 4.39 Å². The maximum atomic E-state index is 13.7. The fourth-order valence-electron chi connectivity index (χ4n) is 1.42. The first-order chi connectivity index (χ1) is 8.76. The van der Waals surface area contributed by atoms with Crippen LogP contribution >= 0.6 is 0 Å². The minimum atomic E-state index is -0.972. The van der Waals surface area contributed by atoms with Crippen LogP contribution in [0.1, 0.15) is 25.0 Å². The van der Waals surface area contributed by atoms with E-state index in [0.717, 1.165) is 0 Å². The van der Waals surface area contributed by atoms with E-state index >= 15 is 0 Å². The Morgan fingerprint density at radius 2 is 2.05 bits per heavy atom. The van der Waals surface area contributed by atoms with E-state index in [0.29, 0.717) is 11.3 Å². The van der Waals surface area contributed by atoms with Crippen LogP contribution in [-0.2, 0) is 0 Å². The summed E-state index contributed by atoms with van der Waals surface area (Å²) in [5.41, 5.74) is 5.50. The van der Waals surface area contributed by atoms with E-state index < -0.39 is 11.4 Å². The van der Waals surface area contributed by atoms with Gasteiger partial charge in [0.2, 0.25) is 0 Å². The van der Waals surface area contributed by atoms with Crippen molar-refractivity contribution in [3.63, 3.8) is 0 Å². The van der Waals surface area contributed by atoms with Gasteiger partial charge in [0.05, 0.1) is 17.0 Å². The predicted molar refractivity (Wildman–Crippen MR) is 76.3 cm³/mol. The molecule has 0 spiro atoms. The van der Waals surface area contributed by atoms with Crippen molar-refractivity contribution in [2.24, 2.45) is 0 Å². The van der Waals surface area contributed by atoms with Gasteiger partial charge < -0.3 is 16.2 Å². The Morgan fingerprint density at radius 1 is 1.53 bits per heavy atom. The van der Waals surface area contributed by atoms with E-state index in [9.17, 15) is 9.50 Å². The molecule has 5 heteroatoms. The highest BCUT2D eigenvalue weighted by atomic mass is 19.1. The van der Waals surface area contributed by atoms with Gasteiger partial charge in [0.1, 0.15) is 17.4 Å². The lowest BCUT2D eigenvalue weighted by molar-refractivity contribution is 0.0945. The lowest BCUT2D eigenvalue weighted by atomic mass is 10.1. The number of nitrogens with one attached hydrogen (secondary N) is 1. The predicted octanol–water partition coefficient (Wildman–Crippen LogP) is 2.57. The molecule has 1 aromatic rings. The van der Waals surface area contributed by atoms with Crippen molar-refractivity contribution in [1.29, 1.82) is 5.26 Å². The van der Waals surface area contributed by atoms with Gasteiger partial charge in [-0.15, -0.1) is 13.2 Å². The highest BCUT2D eigenvalue weighted by Gasteiger charge is 2.18. The smallest absolute Gasteiger partial charge is 0.146 e. The molecule has 4 nitrogen and oxygen atoms in total. The highest BCUT2D eigenvalue weighted by molar-refractivity contribution is 5.75. The summed E-state index contributed by atoms with van der Waals surface area (Å²) in [7, 11) is 0. The molecule has 0 saturated carbocycles. The zero-order valence-electron chi connectivity index (χ0n) is 11.5. The number of halogens is 1. The second kappa shape index (κ2) is 6.76. The van der Waals surface area contributed by atoms with Crippen LogP contribution in [0.4, 0.5) is 15.8 Å². The molecule has 0 atom stereocenters. The number of hydrogen-bond donors (Lipinski definition) is 3. The summed E-state index contributed by atoms with van der Waals surface area (Å²) in [5, 5.41) is 21.3. The molecular formula is C14H20FN3O. The first kappa shape index (κ1) is 16.9. The second-order valence-electron chi connectivity index (χ2n) is 4.62. The number of aliphatic hydroxyl groups is 1. The van der Waals surface area contributed by atoms with E-state index in [2.05, 4.69) is 18.5 Å². The summed E-state index contributed by atoms with van der Waals surface area (Å²) in [6.07, 6.45) is 0. The van der Waals surface area contributed by atoms with E-state index in [1.54, 1.807) is 26.8 Å². The number of nitrogens with two attached hydrogens (primary N) is 1. The summed E-state index contributed by atoms with van der Waals surface area (Å²) in [6.45, 7) is 10.9. The molecule has 0 heterocycles. The number of nitrogens with zero attached hydrogens (tertiary/aromatic N) is 1. The molecule has 0 aromatic heterocycles. The fraction of sp³-hybridized carbons (Fsp3) is 0.357. The van der Waals surface area contributed by atoms with Crippen LogP contribution in [0.5, 0.6) is 0 Å². The first-order valence-corrected chi connectivity index (χ1v) is 5.71. The molecule has 0 amide bonds. The van der Waals surface area contributed by atoms with E-state index in [1.807, 2.05) is 0 Å². The maximum Gasteiger partial charge on any atom is 0.146 e. The Kier molecular flexibility index (Phi) is 6.03. The van der Waals surface area contributed by atoms with Crippen molar-refractivity contribution in [2.75, 3.05) is 17.6 Å². The van der Waals surface area contributed by atoms with Crippen LogP contribution in [0.3, 0.4) is 0 Å². The van der Waals surface area contributed by atoms with Gasteiger partial charge in [-0.1, -0.05) is 0 Å². The van der Waals surface area contributed by atoms with E-state index in [4.69, 9.17) is 11.0 Å². The molecule has 1 rings (SSSR count). The third-order valence-electron chi connectivity index (χ3n) is 2.29. The highest BCUT2D eigenvalue weighted by Crippen LogP contribution is 2.28. The quantitative estimate of drug-likeness (QED) is 0.579. The SMILES string of the molecule is C=C.Cc1cc(N)c(NCC(C)(C)O)c(C#N)c1F. The summed E-state index contributed by atoms with van der Waals surface area (Å²) in [4.78, 5) is 0. The van der Waals surface area contributed by atoms with E-state index in [1.165, 1.54) is 6.07 Å². The second-order valence-corrected chi connectivity index (χ2v) is 4.62. The molecule has 0 saturated heterocycles. The van der Waals surface area contributed by atoms with Crippen LogP contribution < -0.4 is 11.1 Å². The third-order valence-corrected chi connectivity index (χ3v) is 2.29. The third kappa shape index (κ3) is 4.60. The molecule has 1 aromatic carbocycles. The largest absolute Gasteiger partial charge is 0.397 e. The Hall–Kier alpha value is -2.06. The van der Waals surface area contributed by atoms with Crippen molar-refractivity contribution >= 4 is 11.4 Å². The molecule has 19 heavy (non-hydrogen) atoms. The zero-order chi connectivity index (χ0) is 15.2. The van der Waals surface area contributed by atoms with Gasteiger partial charge in [0.15, 0.2) is 0 Å². The van der Waals surface area contributed by atoms with Gasteiger partial charge in [-0.05, 0) is 32.4 Å². The summed E-state index contributed by atoms with van der Waals surface area (Å²) < 4.78 is 13.7. The number of aryl methyl sites for hydroxylation is 1. The molecule has 0 unspecified atom stereocenters. The minimum absolute atomic E-state index is 0.119. The average molecular weight is 265 g/mol. The molecule has 0 aliphatic carbocycles. The van der Waals surface area contributed by atoms with Crippen molar-refractivity contribution < 1.29 is 9.50 Å². The standard InChI is InChI=1S/C12H16FN3O.C2H4/c1-7-4-9(15)11(8(5-14)10(7)13)16-6-12(2,3)17;1-2/h4,16-17H,6,15H2,1-3H3;1-2H2. The molecule has 0 radical (unpaired) electrons. The topological polar surface area (TPSA) is 82.1 Å². The number of hydrogen-bond acceptors (Lipinski definition) is 4. The maximum absolute atomic E-state index is 13.7. The number of anilines is 2. The molecule has 0 aliphatic rings. The first-order valence-electron chi connectivity index (χ1n) is 5.71. The van der Waals surface area contributed by atoms with Gasteiger partial charge >= 0.3 is 0 Å². The molecule has 4 N–H and O–H groups in total. The van der Waals surface area contributed by atoms with Crippen LogP contribution in [-0.4, -0.2) is 17.3 Å². The number of nitrogen functional groups attached to an aromatic ring is 1. The Morgan fingerprint density at radius 3 is 2.47 bits per heavy atom. The zero-order valence-corrected chi connectivity index (χ0v) is 11.5. The van der Waals surface area contributed by atoms with Crippen LogP contribution in [0.15, 0.2) is 19.2 Å². The van der Waals surface area contributed by atoms with Crippen LogP contribution in [0.25, 0.3) is 0 Å². The minimum Gasteiger partial charge on any atom is -0.397 e. The number of rotatable bonds is 3. The van der Waals surface area contributed by atoms with Crippen LogP contribution in [0, 0.1) is 24.1 Å². The monoisotopic (exact) mass is 265 g/mol. The van der Waals surface area contributed by atoms with Crippen molar-refractivity contribution in [3.8, 4) is 6.07 Å². The Balaban J connectivity index is 0.00000154. The normalized spacial score (nSPS) is 10.1. The lowest BCUT2D eigenvalue weighted by Gasteiger charge is -2.20. The van der Waals surface area contributed by atoms with Gasteiger partial charge in [0.25, 0.3) is 0 Å². The van der Waals surface area contributed by atoms with Gasteiger partial charge in [0, 0.05) is 6.54 Å². The van der Waals surface area contributed by atoms with Crippen molar-refractivity contribution in [2.45, 2.75) is 26.4 Å². The molecule has 0 bridgehead atoms. The molecule has 104 valence electrons.